The predicted molar refractivity (Wildman–Crippen MR) is 95.0 cm³/mol. The van der Waals surface area contributed by atoms with Crippen LogP contribution in [0.2, 0.25) is 0 Å². The molecule has 0 aromatic heterocycles. The van der Waals surface area contributed by atoms with Gasteiger partial charge in [-0.2, -0.15) is 0 Å². The molecule has 2 amide bonds. The Morgan fingerprint density at radius 1 is 1.19 bits per heavy atom. The van der Waals surface area contributed by atoms with Crippen LogP contribution >= 0.6 is 0 Å². The molecule has 136 valence electrons. The Labute approximate surface area is 150 Å². The molecular weight excluding hydrogens is 339 g/mol. The van der Waals surface area contributed by atoms with Crippen molar-refractivity contribution in [2.45, 2.75) is 6.42 Å². The third-order valence-corrected chi connectivity index (χ3v) is 4.30. The molecule has 3 rings (SSSR count). The molecule has 7 heteroatoms. The largest absolute Gasteiger partial charge is 0.497 e. The van der Waals surface area contributed by atoms with Gasteiger partial charge in [-0.15, -0.1) is 0 Å². The van der Waals surface area contributed by atoms with Crippen LogP contribution in [0.3, 0.4) is 0 Å². The predicted octanol–water partition coefficient (Wildman–Crippen LogP) is 2.83. The van der Waals surface area contributed by atoms with Crippen molar-refractivity contribution in [2.24, 2.45) is 5.92 Å². The van der Waals surface area contributed by atoms with E-state index in [0.29, 0.717) is 17.2 Å². The Balaban J connectivity index is 1.79. The lowest BCUT2D eigenvalue weighted by molar-refractivity contribution is -0.122. The number of carbonyl (C=O) groups is 2. The second-order valence-corrected chi connectivity index (χ2v) is 5.91. The van der Waals surface area contributed by atoms with E-state index in [2.05, 4.69) is 5.32 Å². The summed E-state index contributed by atoms with van der Waals surface area (Å²) in [6.07, 6.45) is 0.0423. The number of hydrogen-bond donors (Lipinski definition) is 1. The molecule has 1 saturated heterocycles. The minimum atomic E-state index is -0.585. The molecule has 1 N–H and O–H groups in total. The molecule has 0 saturated carbocycles. The number of halogens is 1. The molecule has 1 heterocycles. The highest BCUT2D eigenvalue weighted by Gasteiger charge is 2.36. The second-order valence-electron chi connectivity index (χ2n) is 5.91. The van der Waals surface area contributed by atoms with Gasteiger partial charge < -0.3 is 19.7 Å². The van der Waals surface area contributed by atoms with E-state index in [0.717, 1.165) is 0 Å². The lowest BCUT2D eigenvalue weighted by Gasteiger charge is -2.20. The first-order valence-electron chi connectivity index (χ1n) is 8.11. The Morgan fingerprint density at radius 3 is 2.65 bits per heavy atom. The van der Waals surface area contributed by atoms with Crippen LogP contribution in [0.5, 0.6) is 11.5 Å². The molecule has 6 nitrogen and oxygen atoms in total. The van der Waals surface area contributed by atoms with Gasteiger partial charge in [0.1, 0.15) is 17.3 Å². The van der Waals surface area contributed by atoms with Gasteiger partial charge in [-0.1, -0.05) is 12.1 Å². The zero-order valence-electron chi connectivity index (χ0n) is 14.5. The van der Waals surface area contributed by atoms with Crippen LogP contribution in [0.15, 0.2) is 42.5 Å². The van der Waals surface area contributed by atoms with Gasteiger partial charge in [-0.05, 0) is 24.3 Å². The van der Waals surface area contributed by atoms with Gasteiger partial charge in [-0.25, -0.2) is 4.39 Å². The number of carbonyl (C=O) groups excluding carboxylic acids is 2. The van der Waals surface area contributed by atoms with Crippen molar-refractivity contribution in [3.8, 4) is 11.5 Å². The number of rotatable bonds is 5. The molecule has 1 atom stereocenters. The summed E-state index contributed by atoms with van der Waals surface area (Å²) in [5, 5.41) is 2.55. The van der Waals surface area contributed by atoms with Crippen LogP contribution in [0.25, 0.3) is 0 Å². The maximum Gasteiger partial charge on any atom is 0.229 e. The molecule has 1 aliphatic rings. The Morgan fingerprint density at radius 2 is 1.96 bits per heavy atom. The van der Waals surface area contributed by atoms with Crippen molar-refractivity contribution in [1.29, 1.82) is 0 Å². The molecule has 0 radical (unpaired) electrons. The van der Waals surface area contributed by atoms with Gasteiger partial charge >= 0.3 is 0 Å². The molecular formula is C19H19FN2O4. The fourth-order valence-corrected chi connectivity index (χ4v) is 2.92. The number of hydrogen-bond acceptors (Lipinski definition) is 4. The topological polar surface area (TPSA) is 67.9 Å². The average Bonchev–Trinajstić information content (AvgIpc) is 3.04. The number of para-hydroxylation sites is 1. The van der Waals surface area contributed by atoms with E-state index in [1.807, 2.05) is 0 Å². The number of benzene rings is 2. The van der Waals surface area contributed by atoms with E-state index in [1.165, 1.54) is 31.3 Å². The average molecular weight is 358 g/mol. The quantitative estimate of drug-likeness (QED) is 0.892. The summed E-state index contributed by atoms with van der Waals surface area (Å²) in [7, 11) is 3.04. The smallest absolute Gasteiger partial charge is 0.229 e. The third-order valence-electron chi connectivity index (χ3n) is 4.30. The molecule has 0 aliphatic carbocycles. The highest BCUT2D eigenvalue weighted by Crippen LogP contribution is 2.36. The van der Waals surface area contributed by atoms with Crippen molar-refractivity contribution in [3.05, 3.63) is 48.3 Å². The number of nitrogens with one attached hydrogen (secondary N) is 1. The molecule has 2 aromatic carbocycles. The Hall–Kier alpha value is -3.09. The highest BCUT2D eigenvalue weighted by molar-refractivity contribution is 6.04. The molecule has 1 aliphatic heterocycles. The fraction of sp³-hybridized carbons (Fsp3) is 0.263. The van der Waals surface area contributed by atoms with Crippen molar-refractivity contribution >= 4 is 23.2 Å². The number of anilines is 2. The SMILES string of the molecule is COc1ccc(OC)c(N2CC(C(=O)Nc3ccccc3F)CC2=O)c1. The third kappa shape index (κ3) is 3.46. The van der Waals surface area contributed by atoms with E-state index in [-0.39, 0.29) is 24.6 Å². The number of nitrogens with zero attached hydrogens (tertiary/aromatic N) is 1. The summed E-state index contributed by atoms with van der Waals surface area (Å²) in [6, 6.07) is 11.0. The molecule has 0 bridgehead atoms. The standard InChI is InChI=1S/C19H19FN2O4/c1-25-13-7-8-17(26-2)16(10-13)22-11-12(9-18(22)23)19(24)21-15-6-4-3-5-14(15)20/h3-8,10,12H,9,11H2,1-2H3,(H,21,24). The van der Waals surface area contributed by atoms with Crippen LogP contribution in [0.4, 0.5) is 15.8 Å². The van der Waals surface area contributed by atoms with E-state index < -0.39 is 17.6 Å². The minimum absolute atomic E-state index is 0.0423. The van der Waals surface area contributed by atoms with E-state index >= 15 is 0 Å². The first-order chi connectivity index (χ1) is 12.5. The lowest BCUT2D eigenvalue weighted by Crippen LogP contribution is -2.28. The summed E-state index contributed by atoms with van der Waals surface area (Å²) < 4.78 is 24.2. The van der Waals surface area contributed by atoms with Crippen LogP contribution in [0.1, 0.15) is 6.42 Å². The van der Waals surface area contributed by atoms with Gasteiger partial charge in [-0.3, -0.25) is 9.59 Å². The fourth-order valence-electron chi connectivity index (χ4n) is 2.92. The summed E-state index contributed by atoms with van der Waals surface area (Å²) in [5.41, 5.74) is 0.639. The van der Waals surface area contributed by atoms with Gasteiger partial charge in [0.25, 0.3) is 0 Å². The second kappa shape index (κ2) is 7.43. The molecule has 1 fully saturated rings. The first kappa shape index (κ1) is 17.7. The number of methoxy groups -OCH3 is 2. The maximum atomic E-state index is 13.7. The highest BCUT2D eigenvalue weighted by atomic mass is 19.1. The Kier molecular flexibility index (Phi) is 5.06. The monoisotopic (exact) mass is 358 g/mol. The molecule has 2 aromatic rings. The number of amides is 2. The lowest BCUT2D eigenvalue weighted by atomic mass is 10.1. The van der Waals surface area contributed by atoms with Crippen LogP contribution in [-0.2, 0) is 9.59 Å². The van der Waals surface area contributed by atoms with E-state index in [9.17, 15) is 14.0 Å². The summed E-state index contributed by atoms with van der Waals surface area (Å²) >= 11 is 0. The van der Waals surface area contributed by atoms with Crippen molar-refractivity contribution < 1.29 is 23.5 Å². The van der Waals surface area contributed by atoms with Gasteiger partial charge in [0, 0.05) is 19.0 Å². The van der Waals surface area contributed by atoms with Crippen LogP contribution in [-0.4, -0.2) is 32.6 Å². The van der Waals surface area contributed by atoms with Gasteiger partial charge in [0.15, 0.2) is 0 Å². The van der Waals surface area contributed by atoms with Crippen molar-refractivity contribution in [2.75, 3.05) is 31.0 Å². The normalized spacial score (nSPS) is 16.5. The van der Waals surface area contributed by atoms with E-state index in [1.54, 1.807) is 30.3 Å². The van der Waals surface area contributed by atoms with Gasteiger partial charge in [0.2, 0.25) is 11.8 Å². The summed E-state index contributed by atoms with van der Waals surface area (Å²) in [6.45, 7) is 0.183. The van der Waals surface area contributed by atoms with Gasteiger partial charge in [0.05, 0.1) is 31.5 Å². The summed E-state index contributed by atoms with van der Waals surface area (Å²) in [5.74, 6) is -0.616. The zero-order valence-corrected chi connectivity index (χ0v) is 14.5. The minimum Gasteiger partial charge on any atom is -0.497 e. The molecule has 0 spiro atoms. The molecule has 1 unspecified atom stereocenters. The van der Waals surface area contributed by atoms with E-state index in [4.69, 9.17) is 9.47 Å². The zero-order chi connectivity index (χ0) is 18.7. The number of ether oxygens (including phenoxy) is 2. The summed E-state index contributed by atoms with van der Waals surface area (Å²) in [4.78, 5) is 26.4. The first-order valence-corrected chi connectivity index (χ1v) is 8.11. The maximum absolute atomic E-state index is 13.7. The van der Waals surface area contributed by atoms with Crippen LogP contribution in [0, 0.1) is 11.7 Å². The van der Waals surface area contributed by atoms with Crippen molar-refractivity contribution in [3.63, 3.8) is 0 Å². The Bertz CT molecular complexity index is 840. The van der Waals surface area contributed by atoms with Crippen molar-refractivity contribution in [1.82, 2.24) is 0 Å². The van der Waals surface area contributed by atoms with Crippen LogP contribution < -0.4 is 19.7 Å². The molecule has 26 heavy (non-hydrogen) atoms.